The minimum absolute atomic E-state index is 0.0261. The van der Waals surface area contributed by atoms with Crippen LogP contribution in [0.15, 0.2) is 0 Å². The minimum Gasteiger partial charge on any atom is -0.469 e. The number of ether oxygens (including phenoxy) is 1. The summed E-state index contributed by atoms with van der Waals surface area (Å²) in [6, 6.07) is 0. The SMILES string of the molecule is COC(=O)C(C)(CCO)CC(C)C. The van der Waals surface area contributed by atoms with Gasteiger partial charge in [-0.25, -0.2) is 0 Å². The third-order valence-electron chi connectivity index (χ3n) is 2.20. The molecule has 0 amide bonds. The van der Waals surface area contributed by atoms with Crippen molar-refractivity contribution in [3.8, 4) is 0 Å². The predicted octanol–water partition coefficient (Wildman–Crippen LogP) is 1.59. The maximum Gasteiger partial charge on any atom is 0.311 e. The predicted molar refractivity (Wildman–Crippen MR) is 51.3 cm³/mol. The largest absolute Gasteiger partial charge is 0.469 e. The number of aliphatic hydroxyl groups is 1. The summed E-state index contributed by atoms with van der Waals surface area (Å²) < 4.78 is 4.72. The van der Waals surface area contributed by atoms with E-state index >= 15 is 0 Å². The van der Waals surface area contributed by atoms with Gasteiger partial charge in [0.1, 0.15) is 0 Å². The van der Waals surface area contributed by atoms with Gasteiger partial charge in [-0.3, -0.25) is 4.79 Å². The smallest absolute Gasteiger partial charge is 0.311 e. The highest BCUT2D eigenvalue weighted by Crippen LogP contribution is 2.30. The van der Waals surface area contributed by atoms with Crippen molar-refractivity contribution >= 4 is 5.97 Å². The lowest BCUT2D eigenvalue weighted by molar-refractivity contribution is -0.153. The lowest BCUT2D eigenvalue weighted by atomic mass is 9.79. The van der Waals surface area contributed by atoms with Crippen LogP contribution in [0.25, 0.3) is 0 Å². The molecule has 13 heavy (non-hydrogen) atoms. The lowest BCUT2D eigenvalue weighted by Gasteiger charge is -2.27. The van der Waals surface area contributed by atoms with E-state index in [2.05, 4.69) is 13.8 Å². The van der Waals surface area contributed by atoms with Gasteiger partial charge in [-0.1, -0.05) is 13.8 Å². The first-order chi connectivity index (χ1) is 5.96. The van der Waals surface area contributed by atoms with Crippen LogP contribution in [0.2, 0.25) is 0 Å². The van der Waals surface area contributed by atoms with Gasteiger partial charge < -0.3 is 9.84 Å². The van der Waals surface area contributed by atoms with Gasteiger partial charge in [0.2, 0.25) is 0 Å². The summed E-state index contributed by atoms with van der Waals surface area (Å²) in [7, 11) is 1.39. The molecule has 3 nitrogen and oxygen atoms in total. The second-order valence-electron chi connectivity index (χ2n) is 4.12. The van der Waals surface area contributed by atoms with E-state index in [4.69, 9.17) is 9.84 Å². The molecule has 0 spiro atoms. The zero-order chi connectivity index (χ0) is 10.5. The van der Waals surface area contributed by atoms with Crippen molar-refractivity contribution in [3.05, 3.63) is 0 Å². The Bertz CT molecular complexity index is 166. The van der Waals surface area contributed by atoms with Crippen molar-refractivity contribution in [1.82, 2.24) is 0 Å². The summed E-state index contributed by atoms with van der Waals surface area (Å²) in [5.41, 5.74) is -0.530. The summed E-state index contributed by atoms with van der Waals surface area (Å²) in [4.78, 5) is 11.4. The fourth-order valence-corrected chi connectivity index (χ4v) is 1.68. The van der Waals surface area contributed by atoms with Gasteiger partial charge in [0, 0.05) is 6.61 Å². The van der Waals surface area contributed by atoms with Crippen LogP contribution < -0.4 is 0 Å². The number of carbonyl (C=O) groups excluding carboxylic acids is 1. The molecule has 0 saturated carbocycles. The average Bonchev–Trinajstić information content (AvgIpc) is 2.02. The summed E-state index contributed by atoms with van der Waals surface area (Å²) in [6.45, 7) is 5.98. The van der Waals surface area contributed by atoms with Gasteiger partial charge in [0.05, 0.1) is 12.5 Å². The summed E-state index contributed by atoms with van der Waals surface area (Å²) >= 11 is 0. The first kappa shape index (κ1) is 12.4. The second kappa shape index (κ2) is 5.22. The molecule has 0 aliphatic rings. The van der Waals surface area contributed by atoms with Gasteiger partial charge in [0.25, 0.3) is 0 Å². The Kier molecular flexibility index (Phi) is 4.99. The molecule has 78 valence electrons. The number of carbonyl (C=O) groups is 1. The molecule has 1 atom stereocenters. The molecule has 0 aromatic rings. The Hall–Kier alpha value is -0.570. The molecule has 0 saturated heterocycles. The molecule has 0 rings (SSSR count). The first-order valence-corrected chi connectivity index (χ1v) is 4.65. The molecule has 0 radical (unpaired) electrons. The van der Waals surface area contributed by atoms with Crippen LogP contribution in [0.5, 0.6) is 0 Å². The highest BCUT2D eigenvalue weighted by molar-refractivity contribution is 5.76. The van der Waals surface area contributed by atoms with Gasteiger partial charge in [-0.05, 0) is 25.7 Å². The van der Waals surface area contributed by atoms with Crippen molar-refractivity contribution in [2.45, 2.75) is 33.6 Å². The van der Waals surface area contributed by atoms with E-state index in [1.165, 1.54) is 7.11 Å². The van der Waals surface area contributed by atoms with Crippen molar-refractivity contribution in [1.29, 1.82) is 0 Å². The maximum absolute atomic E-state index is 11.4. The Morgan fingerprint density at radius 1 is 1.54 bits per heavy atom. The number of esters is 1. The monoisotopic (exact) mass is 188 g/mol. The number of hydrogen-bond acceptors (Lipinski definition) is 3. The minimum atomic E-state index is -0.530. The van der Waals surface area contributed by atoms with Gasteiger partial charge in [-0.15, -0.1) is 0 Å². The van der Waals surface area contributed by atoms with Crippen molar-refractivity contribution in [3.63, 3.8) is 0 Å². The maximum atomic E-state index is 11.4. The van der Waals surface area contributed by atoms with E-state index < -0.39 is 5.41 Å². The fraction of sp³-hybridized carbons (Fsp3) is 0.900. The van der Waals surface area contributed by atoms with Crippen LogP contribution in [0.3, 0.4) is 0 Å². The Balaban J connectivity index is 4.41. The van der Waals surface area contributed by atoms with Crippen LogP contribution in [0, 0.1) is 11.3 Å². The molecule has 0 fully saturated rings. The van der Waals surface area contributed by atoms with E-state index in [0.717, 1.165) is 6.42 Å². The molecule has 0 bridgehead atoms. The fourth-order valence-electron chi connectivity index (χ4n) is 1.68. The molecule has 1 unspecified atom stereocenters. The second-order valence-corrected chi connectivity index (χ2v) is 4.12. The third kappa shape index (κ3) is 3.77. The summed E-state index contributed by atoms with van der Waals surface area (Å²) in [5.74, 6) is 0.200. The quantitative estimate of drug-likeness (QED) is 0.666. The summed E-state index contributed by atoms with van der Waals surface area (Å²) in [6.07, 6.45) is 1.22. The molecule has 0 aliphatic heterocycles. The van der Waals surface area contributed by atoms with E-state index in [1.54, 1.807) is 0 Å². The molecular weight excluding hydrogens is 168 g/mol. The highest BCUT2D eigenvalue weighted by Gasteiger charge is 2.34. The zero-order valence-electron chi connectivity index (χ0n) is 8.96. The van der Waals surface area contributed by atoms with Crippen LogP contribution in [-0.2, 0) is 9.53 Å². The van der Waals surface area contributed by atoms with Crippen molar-refractivity contribution < 1.29 is 14.6 Å². The molecule has 0 aliphatic carbocycles. The van der Waals surface area contributed by atoms with Crippen LogP contribution >= 0.6 is 0 Å². The zero-order valence-corrected chi connectivity index (χ0v) is 8.96. The molecule has 1 N–H and O–H groups in total. The van der Waals surface area contributed by atoms with Crippen LogP contribution in [0.1, 0.15) is 33.6 Å². The van der Waals surface area contributed by atoms with Crippen molar-refractivity contribution in [2.75, 3.05) is 13.7 Å². The topological polar surface area (TPSA) is 46.5 Å². The van der Waals surface area contributed by atoms with E-state index in [9.17, 15) is 4.79 Å². The Labute approximate surface area is 80.1 Å². The number of aliphatic hydroxyl groups excluding tert-OH is 1. The Morgan fingerprint density at radius 2 is 2.08 bits per heavy atom. The van der Waals surface area contributed by atoms with E-state index in [1.807, 2.05) is 6.92 Å². The van der Waals surface area contributed by atoms with Gasteiger partial charge >= 0.3 is 5.97 Å². The van der Waals surface area contributed by atoms with E-state index in [-0.39, 0.29) is 12.6 Å². The lowest BCUT2D eigenvalue weighted by Crippen LogP contribution is -2.31. The average molecular weight is 188 g/mol. The number of hydrogen-bond donors (Lipinski definition) is 1. The summed E-state index contributed by atoms with van der Waals surface area (Å²) in [5, 5.41) is 8.85. The molecule has 0 aromatic carbocycles. The third-order valence-corrected chi connectivity index (χ3v) is 2.20. The molecule has 0 aromatic heterocycles. The number of methoxy groups -OCH3 is 1. The standard InChI is InChI=1S/C10H20O3/c1-8(2)7-10(3,5-6-11)9(12)13-4/h8,11H,5-7H2,1-4H3. The normalized spacial score (nSPS) is 15.5. The van der Waals surface area contributed by atoms with Crippen LogP contribution in [0.4, 0.5) is 0 Å². The molecule has 3 heteroatoms. The first-order valence-electron chi connectivity index (χ1n) is 4.65. The van der Waals surface area contributed by atoms with Gasteiger partial charge in [-0.2, -0.15) is 0 Å². The Morgan fingerprint density at radius 3 is 2.38 bits per heavy atom. The van der Waals surface area contributed by atoms with Crippen LogP contribution in [-0.4, -0.2) is 24.8 Å². The van der Waals surface area contributed by atoms with Gasteiger partial charge in [0.15, 0.2) is 0 Å². The highest BCUT2D eigenvalue weighted by atomic mass is 16.5. The molecule has 0 heterocycles. The number of rotatable bonds is 5. The van der Waals surface area contributed by atoms with Crippen molar-refractivity contribution in [2.24, 2.45) is 11.3 Å². The molecular formula is C10H20O3. The van der Waals surface area contributed by atoms with E-state index in [0.29, 0.717) is 12.3 Å².